The molecule has 118 valence electrons. The summed E-state index contributed by atoms with van der Waals surface area (Å²) >= 11 is 9.65. The maximum Gasteiger partial charge on any atom is 0.179 e. The second-order valence-electron chi connectivity index (χ2n) is 4.64. The first kappa shape index (κ1) is 17.4. The molecule has 0 saturated carbocycles. The minimum Gasteiger partial charge on any atom is -0.493 e. The third-order valence-electron chi connectivity index (χ3n) is 3.13. The van der Waals surface area contributed by atoms with Gasteiger partial charge in [-0.2, -0.15) is 5.26 Å². The molecule has 3 nitrogen and oxygen atoms in total. The summed E-state index contributed by atoms with van der Waals surface area (Å²) in [6.45, 7) is 2.37. The van der Waals surface area contributed by atoms with Gasteiger partial charge in [0, 0.05) is 4.47 Å². The fraction of sp³-hybridized carbons (Fsp3) is 0.167. The quantitative estimate of drug-likeness (QED) is 0.493. The molecule has 0 spiro atoms. The van der Waals surface area contributed by atoms with Crippen LogP contribution >= 0.6 is 27.5 Å². The Hall–Kier alpha value is -1.96. The molecular weight excluding hydrogens is 378 g/mol. The number of rotatable bonds is 5. The molecule has 0 N–H and O–H groups in total. The van der Waals surface area contributed by atoms with E-state index in [1.54, 1.807) is 25.3 Å². The summed E-state index contributed by atoms with van der Waals surface area (Å²) in [5.74, 6) is 1.05. The molecular formula is C18H15BrClNO2. The number of nitriles is 1. The van der Waals surface area contributed by atoms with Crippen LogP contribution in [0.1, 0.15) is 18.1 Å². The van der Waals surface area contributed by atoms with E-state index >= 15 is 0 Å². The number of hydrogen-bond acceptors (Lipinski definition) is 3. The van der Waals surface area contributed by atoms with E-state index in [1.165, 1.54) is 0 Å². The van der Waals surface area contributed by atoms with Gasteiger partial charge in [0.2, 0.25) is 0 Å². The van der Waals surface area contributed by atoms with Crippen LogP contribution in [-0.2, 0) is 0 Å². The molecule has 2 aromatic carbocycles. The second kappa shape index (κ2) is 8.05. The predicted molar refractivity (Wildman–Crippen MR) is 96.8 cm³/mol. The first-order valence-corrected chi connectivity index (χ1v) is 8.14. The highest BCUT2D eigenvalue weighted by atomic mass is 79.9. The molecule has 0 bridgehead atoms. The molecule has 0 aromatic heterocycles. The molecule has 0 amide bonds. The summed E-state index contributed by atoms with van der Waals surface area (Å²) in [5, 5.41) is 9.88. The van der Waals surface area contributed by atoms with Crippen LogP contribution in [0.15, 0.2) is 40.9 Å². The van der Waals surface area contributed by atoms with Crippen LogP contribution in [0.2, 0.25) is 5.02 Å². The number of methoxy groups -OCH3 is 1. The average Bonchev–Trinajstić information content (AvgIpc) is 2.55. The van der Waals surface area contributed by atoms with E-state index in [-0.39, 0.29) is 0 Å². The van der Waals surface area contributed by atoms with Crippen LogP contribution in [0.4, 0.5) is 0 Å². The lowest BCUT2D eigenvalue weighted by Gasteiger charge is -2.12. The summed E-state index contributed by atoms with van der Waals surface area (Å²) in [6.07, 6.45) is 1.77. The van der Waals surface area contributed by atoms with Crippen molar-refractivity contribution in [2.75, 3.05) is 13.7 Å². The number of benzene rings is 2. The number of hydrogen-bond donors (Lipinski definition) is 0. The molecule has 0 fully saturated rings. The van der Waals surface area contributed by atoms with Crippen molar-refractivity contribution in [3.8, 4) is 17.6 Å². The normalized spacial score (nSPS) is 11.0. The summed E-state index contributed by atoms with van der Waals surface area (Å²) < 4.78 is 11.8. The zero-order valence-electron chi connectivity index (χ0n) is 12.8. The van der Waals surface area contributed by atoms with Crippen molar-refractivity contribution >= 4 is 39.2 Å². The van der Waals surface area contributed by atoms with Gasteiger partial charge in [-0.3, -0.25) is 0 Å². The van der Waals surface area contributed by atoms with Crippen molar-refractivity contribution in [2.45, 2.75) is 6.92 Å². The predicted octanol–water partition coefficient (Wildman–Crippen LogP) is 5.57. The van der Waals surface area contributed by atoms with Gasteiger partial charge in [-0.05, 0) is 48.4 Å². The van der Waals surface area contributed by atoms with Crippen LogP contribution < -0.4 is 9.47 Å². The first-order chi connectivity index (χ1) is 11.1. The average molecular weight is 393 g/mol. The van der Waals surface area contributed by atoms with Crippen LogP contribution in [0, 0.1) is 11.3 Å². The Morgan fingerprint density at radius 2 is 2.00 bits per heavy atom. The van der Waals surface area contributed by atoms with Crippen molar-refractivity contribution in [3.05, 3.63) is 57.0 Å². The zero-order valence-corrected chi connectivity index (χ0v) is 15.1. The lowest BCUT2D eigenvalue weighted by Crippen LogP contribution is -1.96. The fourth-order valence-electron chi connectivity index (χ4n) is 2.08. The lowest BCUT2D eigenvalue weighted by molar-refractivity contribution is 0.311. The van der Waals surface area contributed by atoms with Crippen molar-refractivity contribution in [3.63, 3.8) is 0 Å². The van der Waals surface area contributed by atoms with Crippen LogP contribution in [0.5, 0.6) is 11.5 Å². The summed E-state index contributed by atoms with van der Waals surface area (Å²) in [7, 11) is 1.56. The molecule has 2 rings (SSSR count). The summed E-state index contributed by atoms with van der Waals surface area (Å²) in [4.78, 5) is 0. The van der Waals surface area contributed by atoms with Gasteiger partial charge in [0.15, 0.2) is 11.5 Å². The monoisotopic (exact) mass is 391 g/mol. The topological polar surface area (TPSA) is 42.2 Å². The minimum absolute atomic E-state index is 0.450. The Morgan fingerprint density at radius 3 is 2.57 bits per heavy atom. The third kappa shape index (κ3) is 4.28. The Bertz CT molecular complexity index is 764. The summed E-state index contributed by atoms with van der Waals surface area (Å²) in [5.41, 5.74) is 2.15. The molecule has 2 aromatic rings. The highest BCUT2D eigenvalue weighted by molar-refractivity contribution is 9.10. The number of halogens is 2. The molecule has 0 saturated heterocycles. The Kier molecular flexibility index (Phi) is 6.09. The van der Waals surface area contributed by atoms with Gasteiger partial charge >= 0.3 is 0 Å². The van der Waals surface area contributed by atoms with Crippen molar-refractivity contribution < 1.29 is 9.47 Å². The Labute approximate surface area is 149 Å². The lowest BCUT2D eigenvalue weighted by atomic mass is 10.0. The van der Waals surface area contributed by atoms with E-state index in [9.17, 15) is 5.26 Å². The molecule has 0 atom stereocenters. The molecule has 0 aliphatic carbocycles. The zero-order chi connectivity index (χ0) is 16.8. The van der Waals surface area contributed by atoms with Crippen molar-refractivity contribution in [2.24, 2.45) is 0 Å². The van der Waals surface area contributed by atoms with Crippen molar-refractivity contribution in [1.82, 2.24) is 0 Å². The van der Waals surface area contributed by atoms with Gasteiger partial charge in [-0.1, -0.05) is 39.7 Å². The maximum atomic E-state index is 9.43. The SMILES string of the molecule is CCOc1c(Cl)cc(/C=C(\C#N)c2ccc(Br)cc2)cc1OC. The Morgan fingerprint density at radius 1 is 1.30 bits per heavy atom. The highest BCUT2D eigenvalue weighted by Gasteiger charge is 2.11. The van der Waals surface area contributed by atoms with E-state index in [0.717, 1.165) is 15.6 Å². The van der Waals surface area contributed by atoms with Gasteiger partial charge in [-0.15, -0.1) is 0 Å². The molecule has 23 heavy (non-hydrogen) atoms. The van der Waals surface area contributed by atoms with Gasteiger partial charge < -0.3 is 9.47 Å². The van der Waals surface area contributed by atoms with Crippen molar-refractivity contribution in [1.29, 1.82) is 5.26 Å². The molecule has 0 aliphatic heterocycles. The molecule has 5 heteroatoms. The van der Waals surface area contributed by atoms with Gasteiger partial charge in [0.25, 0.3) is 0 Å². The van der Waals surface area contributed by atoms with E-state index in [1.807, 2.05) is 31.2 Å². The van der Waals surface area contributed by atoms with E-state index < -0.39 is 0 Å². The largest absolute Gasteiger partial charge is 0.493 e. The number of ether oxygens (including phenoxy) is 2. The van der Waals surface area contributed by atoms with Crippen LogP contribution in [0.25, 0.3) is 11.6 Å². The highest BCUT2D eigenvalue weighted by Crippen LogP contribution is 2.37. The van der Waals surface area contributed by atoms with Crippen LogP contribution in [-0.4, -0.2) is 13.7 Å². The van der Waals surface area contributed by atoms with Gasteiger partial charge in [-0.25, -0.2) is 0 Å². The standard InChI is InChI=1S/C18H15BrClNO2/c1-3-23-18-16(20)9-12(10-17(18)22-2)8-14(11-21)13-4-6-15(19)7-5-13/h4-10H,3H2,1-2H3/b14-8+. The van der Waals surface area contributed by atoms with Gasteiger partial charge in [0.1, 0.15) is 0 Å². The van der Waals surface area contributed by atoms with Gasteiger partial charge in [0.05, 0.1) is 30.4 Å². The second-order valence-corrected chi connectivity index (χ2v) is 5.97. The third-order valence-corrected chi connectivity index (χ3v) is 3.94. The summed E-state index contributed by atoms with van der Waals surface area (Å²) in [6, 6.07) is 13.3. The van der Waals surface area contributed by atoms with E-state index in [2.05, 4.69) is 22.0 Å². The van der Waals surface area contributed by atoms with Crippen LogP contribution in [0.3, 0.4) is 0 Å². The minimum atomic E-state index is 0.450. The fourth-order valence-corrected chi connectivity index (χ4v) is 2.62. The Balaban J connectivity index is 2.46. The number of allylic oxidation sites excluding steroid dienone is 1. The maximum absolute atomic E-state index is 9.43. The smallest absolute Gasteiger partial charge is 0.179 e. The van der Waals surface area contributed by atoms with E-state index in [4.69, 9.17) is 21.1 Å². The molecule has 0 unspecified atom stereocenters. The molecule has 0 aliphatic rings. The first-order valence-electron chi connectivity index (χ1n) is 6.97. The molecule has 0 radical (unpaired) electrons. The van der Waals surface area contributed by atoms with E-state index in [0.29, 0.717) is 28.7 Å². The number of nitrogens with zero attached hydrogens (tertiary/aromatic N) is 1. The molecule has 0 heterocycles.